The van der Waals surface area contributed by atoms with E-state index < -0.39 is 4.92 Å². The summed E-state index contributed by atoms with van der Waals surface area (Å²) in [7, 11) is 0. The van der Waals surface area contributed by atoms with Crippen molar-refractivity contribution in [2.45, 2.75) is 16.3 Å². The third kappa shape index (κ3) is 4.04. The second kappa shape index (κ2) is 7.19. The van der Waals surface area contributed by atoms with E-state index in [0.717, 1.165) is 16.7 Å². The van der Waals surface area contributed by atoms with Crippen LogP contribution >= 0.6 is 11.8 Å². The molecule has 0 saturated heterocycles. The van der Waals surface area contributed by atoms with Crippen LogP contribution in [0, 0.1) is 21.4 Å². The molecule has 7 nitrogen and oxygen atoms in total. The number of rotatable bonds is 5. The molecule has 1 N–H and O–H groups in total. The van der Waals surface area contributed by atoms with Crippen molar-refractivity contribution in [1.29, 1.82) is 5.26 Å². The van der Waals surface area contributed by atoms with E-state index in [0.29, 0.717) is 10.7 Å². The number of pyridine rings is 1. The van der Waals surface area contributed by atoms with Gasteiger partial charge in [0.05, 0.1) is 11.0 Å². The molecule has 22 heavy (non-hydrogen) atoms. The molecule has 8 heteroatoms. The number of carbonyl (C=O) groups is 1. The molecule has 0 spiro atoms. The predicted molar refractivity (Wildman–Crippen MR) is 80.3 cm³/mol. The highest BCUT2D eigenvalue weighted by molar-refractivity contribution is 7.99. The van der Waals surface area contributed by atoms with E-state index >= 15 is 0 Å². The lowest BCUT2D eigenvalue weighted by molar-refractivity contribution is -0.388. The van der Waals surface area contributed by atoms with E-state index in [-0.39, 0.29) is 18.0 Å². The number of nitrogens with zero attached hydrogens (tertiary/aromatic N) is 3. The van der Waals surface area contributed by atoms with Crippen molar-refractivity contribution in [3.63, 3.8) is 0 Å². The third-order valence-electron chi connectivity index (χ3n) is 2.54. The Kier molecular flexibility index (Phi) is 5.06. The number of benzene rings is 1. The molecule has 1 aromatic carbocycles. The molecular formula is C14H10N4O3S. The molecule has 0 atom stereocenters. The standard InChI is InChI=1S/C14H10N4O3S/c15-8-7-13(19)17-10-3-5-11(6-4-10)22-14-12(18(20)21)2-1-9-16-14/h1-6,9H,7H2,(H,17,19). The van der Waals surface area contributed by atoms with Crippen LogP contribution in [0.4, 0.5) is 11.4 Å². The van der Waals surface area contributed by atoms with Gasteiger partial charge in [0.15, 0.2) is 5.03 Å². The molecule has 1 heterocycles. The van der Waals surface area contributed by atoms with Gasteiger partial charge in [0.2, 0.25) is 5.91 Å². The van der Waals surface area contributed by atoms with Gasteiger partial charge in [-0.3, -0.25) is 14.9 Å². The van der Waals surface area contributed by atoms with E-state index in [1.54, 1.807) is 30.3 Å². The number of aromatic nitrogens is 1. The number of carbonyl (C=O) groups excluding carboxylic acids is 1. The summed E-state index contributed by atoms with van der Waals surface area (Å²) in [6, 6.07) is 11.4. The van der Waals surface area contributed by atoms with Gasteiger partial charge in [-0.05, 0) is 30.3 Å². The number of hydrogen-bond acceptors (Lipinski definition) is 6. The Bertz CT molecular complexity index is 740. The lowest BCUT2D eigenvalue weighted by atomic mass is 10.3. The topological polar surface area (TPSA) is 109 Å². The van der Waals surface area contributed by atoms with Crippen molar-refractivity contribution in [2.24, 2.45) is 0 Å². The van der Waals surface area contributed by atoms with Gasteiger partial charge in [-0.1, -0.05) is 11.8 Å². The quantitative estimate of drug-likeness (QED) is 0.671. The monoisotopic (exact) mass is 314 g/mol. The van der Waals surface area contributed by atoms with Crippen LogP contribution in [0.25, 0.3) is 0 Å². The number of anilines is 1. The smallest absolute Gasteiger partial charge is 0.301 e. The first-order chi connectivity index (χ1) is 10.6. The van der Waals surface area contributed by atoms with Gasteiger partial charge >= 0.3 is 5.69 Å². The lowest BCUT2D eigenvalue weighted by Crippen LogP contribution is -2.09. The second-order valence-electron chi connectivity index (χ2n) is 4.09. The molecule has 0 radical (unpaired) electrons. The number of amides is 1. The SMILES string of the molecule is N#CCC(=O)Nc1ccc(Sc2ncccc2[N+](=O)[O-])cc1. The summed E-state index contributed by atoms with van der Waals surface area (Å²) in [4.78, 5) is 26.5. The number of nitriles is 1. The normalized spacial score (nSPS) is 9.77. The summed E-state index contributed by atoms with van der Waals surface area (Å²) in [6.45, 7) is 0. The molecule has 0 aliphatic carbocycles. The van der Waals surface area contributed by atoms with Gasteiger partial charge in [0.1, 0.15) is 6.42 Å². The first-order valence-corrected chi connectivity index (χ1v) is 6.96. The molecule has 1 aromatic heterocycles. The highest BCUT2D eigenvalue weighted by Crippen LogP contribution is 2.33. The van der Waals surface area contributed by atoms with Gasteiger partial charge in [0.25, 0.3) is 0 Å². The van der Waals surface area contributed by atoms with Gasteiger partial charge in [-0.15, -0.1) is 0 Å². The molecule has 0 unspecified atom stereocenters. The zero-order valence-electron chi connectivity index (χ0n) is 11.2. The fourth-order valence-electron chi connectivity index (χ4n) is 1.59. The third-order valence-corrected chi connectivity index (χ3v) is 3.56. The average Bonchev–Trinajstić information content (AvgIpc) is 2.50. The lowest BCUT2D eigenvalue weighted by Gasteiger charge is -2.05. The van der Waals surface area contributed by atoms with Gasteiger partial charge in [-0.2, -0.15) is 5.26 Å². The average molecular weight is 314 g/mol. The van der Waals surface area contributed by atoms with Crippen LogP contribution < -0.4 is 5.32 Å². The minimum atomic E-state index is -0.480. The molecule has 0 fully saturated rings. The van der Waals surface area contributed by atoms with Crippen LogP contribution in [0.2, 0.25) is 0 Å². The zero-order chi connectivity index (χ0) is 15.9. The Balaban J connectivity index is 2.11. The molecule has 1 amide bonds. The summed E-state index contributed by atoms with van der Waals surface area (Å²) in [5.74, 6) is -0.386. The molecule has 2 rings (SSSR count). The zero-order valence-corrected chi connectivity index (χ0v) is 12.0. The van der Waals surface area contributed by atoms with Crippen molar-refractivity contribution >= 4 is 29.0 Å². The summed E-state index contributed by atoms with van der Waals surface area (Å²) in [6.07, 6.45) is 1.28. The summed E-state index contributed by atoms with van der Waals surface area (Å²) >= 11 is 1.16. The van der Waals surface area contributed by atoms with Crippen molar-refractivity contribution < 1.29 is 9.72 Å². The van der Waals surface area contributed by atoms with Gasteiger partial charge in [-0.25, -0.2) is 4.98 Å². The van der Waals surface area contributed by atoms with E-state index in [4.69, 9.17) is 5.26 Å². The molecule has 2 aromatic rings. The Morgan fingerprint density at radius 3 is 2.73 bits per heavy atom. The van der Waals surface area contributed by atoms with Crippen LogP contribution in [-0.2, 0) is 4.79 Å². The van der Waals surface area contributed by atoms with Crippen molar-refractivity contribution in [1.82, 2.24) is 4.98 Å². The molecule has 0 aliphatic heterocycles. The van der Waals surface area contributed by atoms with E-state index in [9.17, 15) is 14.9 Å². The summed E-state index contributed by atoms with van der Waals surface area (Å²) < 4.78 is 0. The maximum atomic E-state index is 11.3. The predicted octanol–water partition coefficient (Wildman–Crippen LogP) is 2.99. The maximum absolute atomic E-state index is 11.3. The van der Waals surface area contributed by atoms with Crippen LogP contribution in [-0.4, -0.2) is 15.8 Å². The number of nitro groups is 1. The van der Waals surface area contributed by atoms with Crippen LogP contribution in [0.5, 0.6) is 0 Å². The fraction of sp³-hybridized carbons (Fsp3) is 0.0714. The van der Waals surface area contributed by atoms with Gasteiger partial charge < -0.3 is 5.32 Å². The Morgan fingerprint density at radius 1 is 1.36 bits per heavy atom. The molecular weight excluding hydrogens is 304 g/mol. The first kappa shape index (κ1) is 15.5. The largest absolute Gasteiger partial charge is 0.325 e. The summed E-state index contributed by atoms with van der Waals surface area (Å²) in [5, 5.41) is 22.2. The Morgan fingerprint density at radius 2 is 2.09 bits per heavy atom. The van der Waals surface area contributed by atoms with Crippen LogP contribution in [0.15, 0.2) is 52.5 Å². The Hall–Kier alpha value is -2.92. The van der Waals surface area contributed by atoms with Gasteiger partial charge in [0, 0.05) is 22.8 Å². The number of hydrogen-bond donors (Lipinski definition) is 1. The highest BCUT2D eigenvalue weighted by atomic mass is 32.2. The second-order valence-corrected chi connectivity index (χ2v) is 5.16. The van der Waals surface area contributed by atoms with Crippen molar-refractivity contribution in [3.8, 4) is 6.07 Å². The maximum Gasteiger partial charge on any atom is 0.301 e. The van der Waals surface area contributed by atoms with E-state index in [1.165, 1.54) is 18.3 Å². The van der Waals surface area contributed by atoms with Crippen molar-refractivity contribution in [2.75, 3.05) is 5.32 Å². The minimum absolute atomic E-state index is 0.0566. The highest BCUT2D eigenvalue weighted by Gasteiger charge is 2.15. The van der Waals surface area contributed by atoms with E-state index in [2.05, 4.69) is 10.3 Å². The number of nitrogens with one attached hydrogen (secondary N) is 1. The Labute approximate surface area is 130 Å². The molecule has 0 saturated carbocycles. The minimum Gasteiger partial charge on any atom is -0.325 e. The fourth-order valence-corrected chi connectivity index (χ4v) is 2.45. The van der Waals surface area contributed by atoms with Crippen LogP contribution in [0.3, 0.4) is 0 Å². The van der Waals surface area contributed by atoms with Crippen molar-refractivity contribution in [3.05, 3.63) is 52.7 Å². The molecule has 0 aliphatic rings. The summed E-state index contributed by atoms with van der Waals surface area (Å²) in [5.41, 5.74) is 0.499. The molecule has 110 valence electrons. The molecule has 0 bridgehead atoms. The first-order valence-electron chi connectivity index (χ1n) is 6.14. The van der Waals surface area contributed by atoms with E-state index in [1.807, 2.05) is 0 Å². The van der Waals surface area contributed by atoms with Crippen LogP contribution in [0.1, 0.15) is 6.42 Å².